The van der Waals surface area contributed by atoms with E-state index < -0.39 is 6.10 Å². The van der Waals surface area contributed by atoms with Crippen LogP contribution in [0, 0.1) is 6.92 Å². The Morgan fingerprint density at radius 3 is 2.11 bits per heavy atom. The maximum atomic E-state index is 10.5. The summed E-state index contributed by atoms with van der Waals surface area (Å²) in [6.45, 7) is 5.88. The van der Waals surface area contributed by atoms with E-state index in [0.717, 1.165) is 11.1 Å². The molecule has 0 spiro atoms. The van der Waals surface area contributed by atoms with Gasteiger partial charge in [-0.2, -0.15) is 0 Å². The van der Waals surface area contributed by atoms with Crippen molar-refractivity contribution in [3.63, 3.8) is 0 Å². The lowest BCUT2D eigenvalue weighted by molar-refractivity contribution is 0.162. The van der Waals surface area contributed by atoms with Gasteiger partial charge >= 0.3 is 0 Å². The summed E-state index contributed by atoms with van der Waals surface area (Å²) in [6.07, 6.45) is 1.25. The third-order valence-electron chi connectivity index (χ3n) is 3.20. The van der Waals surface area contributed by atoms with Gasteiger partial charge in [0.25, 0.3) is 0 Å². The molecule has 0 aliphatic rings. The zero-order chi connectivity index (χ0) is 13.0. The first-order chi connectivity index (χ1) is 8.72. The van der Waals surface area contributed by atoms with Crippen LogP contribution in [-0.4, -0.2) is 5.11 Å². The van der Waals surface area contributed by atoms with Crippen LogP contribution < -0.4 is 0 Å². The predicted molar refractivity (Wildman–Crippen MR) is 75.5 cm³/mol. The Morgan fingerprint density at radius 2 is 1.56 bits per heavy atom. The number of aryl methyl sites for hydroxylation is 1. The van der Waals surface area contributed by atoms with Crippen molar-refractivity contribution >= 4 is 0 Å². The van der Waals surface area contributed by atoms with Crippen molar-refractivity contribution in [2.75, 3.05) is 0 Å². The van der Waals surface area contributed by atoms with Crippen LogP contribution in [0.1, 0.15) is 28.7 Å². The van der Waals surface area contributed by atoms with Crippen molar-refractivity contribution in [1.82, 2.24) is 0 Å². The first kappa shape index (κ1) is 12.6. The Morgan fingerprint density at radius 1 is 0.944 bits per heavy atom. The van der Waals surface area contributed by atoms with Gasteiger partial charge in [0, 0.05) is 5.92 Å². The molecule has 0 heterocycles. The third kappa shape index (κ3) is 2.69. The first-order valence-corrected chi connectivity index (χ1v) is 6.14. The van der Waals surface area contributed by atoms with Gasteiger partial charge in [-0.05, 0) is 18.1 Å². The molecular weight excluding hydrogens is 220 g/mol. The van der Waals surface area contributed by atoms with E-state index in [1.54, 1.807) is 6.08 Å². The normalized spacial score (nSPS) is 13.9. The molecule has 0 bridgehead atoms. The lowest BCUT2D eigenvalue weighted by Crippen LogP contribution is -2.08. The Labute approximate surface area is 108 Å². The van der Waals surface area contributed by atoms with Crippen molar-refractivity contribution in [2.24, 2.45) is 0 Å². The van der Waals surface area contributed by atoms with E-state index in [1.807, 2.05) is 61.5 Å². The van der Waals surface area contributed by atoms with Gasteiger partial charge in [0.15, 0.2) is 0 Å². The van der Waals surface area contributed by atoms with Gasteiger partial charge in [0.05, 0.1) is 6.10 Å². The summed E-state index contributed by atoms with van der Waals surface area (Å²) in [5.74, 6) is -0.0751. The van der Waals surface area contributed by atoms with Crippen molar-refractivity contribution in [3.05, 3.63) is 83.9 Å². The van der Waals surface area contributed by atoms with E-state index >= 15 is 0 Å². The second kappa shape index (κ2) is 5.65. The summed E-state index contributed by atoms with van der Waals surface area (Å²) < 4.78 is 0. The van der Waals surface area contributed by atoms with Crippen LogP contribution in [0.15, 0.2) is 67.3 Å². The summed E-state index contributed by atoms with van der Waals surface area (Å²) in [6, 6.07) is 17.9. The minimum absolute atomic E-state index is 0.0751. The predicted octanol–water partition coefficient (Wildman–Crippen LogP) is 4.00. The zero-order valence-electron chi connectivity index (χ0n) is 10.6. The van der Waals surface area contributed by atoms with E-state index in [2.05, 4.69) is 6.58 Å². The molecule has 1 heteroatoms. The molecule has 0 unspecified atom stereocenters. The lowest BCUT2D eigenvalue weighted by atomic mass is 9.89. The summed E-state index contributed by atoms with van der Waals surface area (Å²) in [5.41, 5.74) is 3.20. The average Bonchev–Trinajstić information content (AvgIpc) is 2.41. The fourth-order valence-corrected chi connectivity index (χ4v) is 2.09. The summed E-state index contributed by atoms with van der Waals surface area (Å²) in [7, 11) is 0. The Hall–Kier alpha value is -1.86. The Balaban J connectivity index is 2.28. The van der Waals surface area contributed by atoms with Crippen LogP contribution in [0.5, 0.6) is 0 Å². The van der Waals surface area contributed by atoms with Crippen molar-refractivity contribution < 1.29 is 5.11 Å². The van der Waals surface area contributed by atoms with Crippen LogP contribution in [0.3, 0.4) is 0 Å². The molecule has 0 aliphatic carbocycles. The maximum absolute atomic E-state index is 10.5. The molecule has 0 aliphatic heterocycles. The first-order valence-electron chi connectivity index (χ1n) is 6.14. The molecule has 2 rings (SSSR count). The Kier molecular flexibility index (Phi) is 3.96. The highest BCUT2D eigenvalue weighted by Gasteiger charge is 2.19. The highest BCUT2D eigenvalue weighted by Crippen LogP contribution is 2.31. The smallest absolute Gasteiger partial charge is 0.0893 e. The second-order valence-electron chi connectivity index (χ2n) is 4.53. The molecule has 92 valence electrons. The molecule has 0 radical (unpaired) electrons. The third-order valence-corrected chi connectivity index (χ3v) is 3.20. The van der Waals surface area contributed by atoms with Gasteiger partial charge in [-0.1, -0.05) is 66.2 Å². The fraction of sp³-hybridized carbons (Fsp3) is 0.176. The van der Waals surface area contributed by atoms with E-state index in [1.165, 1.54) is 5.56 Å². The molecule has 2 aromatic rings. The maximum Gasteiger partial charge on any atom is 0.0893 e. The van der Waals surface area contributed by atoms with Crippen LogP contribution in [0.4, 0.5) is 0 Å². The van der Waals surface area contributed by atoms with E-state index in [0.29, 0.717) is 0 Å². The van der Waals surface area contributed by atoms with Crippen LogP contribution >= 0.6 is 0 Å². The van der Waals surface area contributed by atoms with Crippen LogP contribution in [-0.2, 0) is 0 Å². The second-order valence-corrected chi connectivity index (χ2v) is 4.53. The number of rotatable bonds is 4. The summed E-state index contributed by atoms with van der Waals surface area (Å²) >= 11 is 0. The summed E-state index contributed by atoms with van der Waals surface area (Å²) in [4.78, 5) is 0. The molecule has 0 saturated heterocycles. The van der Waals surface area contributed by atoms with Gasteiger partial charge < -0.3 is 5.11 Å². The average molecular weight is 238 g/mol. The molecule has 2 atom stereocenters. The quantitative estimate of drug-likeness (QED) is 0.798. The molecule has 0 aromatic heterocycles. The van der Waals surface area contributed by atoms with E-state index in [9.17, 15) is 5.11 Å². The van der Waals surface area contributed by atoms with Gasteiger partial charge in [-0.25, -0.2) is 0 Å². The molecule has 0 fully saturated rings. The minimum Gasteiger partial charge on any atom is -0.387 e. The lowest BCUT2D eigenvalue weighted by Gasteiger charge is -2.20. The molecule has 0 amide bonds. The van der Waals surface area contributed by atoms with Crippen LogP contribution in [0.2, 0.25) is 0 Å². The Bertz CT molecular complexity index is 499. The fourth-order valence-electron chi connectivity index (χ4n) is 2.09. The number of benzene rings is 2. The molecule has 2 aromatic carbocycles. The molecule has 0 saturated carbocycles. The van der Waals surface area contributed by atoms with Gasteiger partial charge in [0.2, 0.25) is 0 Å². The highest BCUT2D eigenvalue weighted by atomic mass is 16.3. The van der Waals surface area contributed by atoms with Crippen molar-refractivity contribution in [3.8, 4) is 0 Å². The highest BCUT2D eigenvalue weighted by molar-refractivity contribution is 5.31. The number of aliphatic hydroxyl groups excluding tert-OH is 1. The number of hydrogen-bond donors (Lipinski definition) is 1. The van der Waals surface area contributed by atoms with Crippen molar-refractivity contribution in [2.45, 2.75) is 18.9 Å². The van der Waals surface area contributed by atoms with E-state index in [-0.39, 0.29) is 5.92 Å². The number of hydrogen-bond acceptors (Lipinski definition) is 1. The molecular formula is C17H18O. The molecule has 1 nitrogen and oxygen atoms in total. The van der Waals surface area contributed by atoms with E-state index in [4.69, 9.17) is 0 Å². The van der Waals surface area contributed by atoms with Gasteiger partial charge in [0.1, 0.15) is 0 Å². The largest absolute Gasteiger partial charge is 0.387 e. The SMILES string of the molecule is C=C[C@H](c1ccccc1)[C@H](O)c1ccc(C)cc1. The minimum atomic E-state index is -0.550. The van der Waals surface area contributed by atoms with Gasteiger partial charge in [-0.3, -0.25) is 0 Å². The topological polar surface area (TPSA) is 20.2 Å². The van der Waals surface area contributed by atoms with Crippen LogP contribution in [0.25, 0.3) is 0 Å². The standard InChI is InChI=1S/C17H18O/c1-3-16(14-7-5-4-6-8-14)17(18)15-11-9-13(2)10-12-15/h3-12,16-18H,1H2,2H3/t16-,17-/m1/s1. The number of aliphatic hydroxyl groups is 1. The summed E-state index contributed by atoms with van der Waals surface area (Å²) in [5, 5.41) is 10.5. The molecule has 1 N–H and O–H groups in total. The molecule has 18 heavy (non-hydrogen) atoms. The van der Waals surface area contributed by atoms with Crippen molar-refractivity contribution in [1.29, 1.82) is 0 Å². The monoisotopic (exact) mass is 238 g/mol. The van der Waals surface area contributed by atoms with Gasteiger partial charge in [-0.15, -0.1) is 6.58 Å². The zero-order valence-corrected chi connectivity index (χ0v) is 10.6.